The molecule has 0 atom stereocenters. The number of rotatable bonds is 12. The van der Waals surface area contributed by atoms with Crippen molar-refractivity contribution in [3.63, 3.8) is 0 Å². The maximum atomic E-state index is 3.06. The Morgan fingerprint density at radius 1 is 0.500 bits per heavy atom. The standard InChI is InChI=1S/2C28H37Si.2CH3.2ClH.Si.Zr/c2*1-5-16-28(17-7-6-8-18-28)21-22-19-24-10-9-11-26(27(24)20-22)23-12-14-25(15-13-23)29(2,3)4;;;;;;/h2*9-15,19-20H,5-8,16-18,21H2,1-4H3;2*1H3;2*1H;;/q4*-1;;;;. The minimum atomic E-state index is -1.25. The average Bonchev–Trinajstić information content (AvgIpc) is 3.85. The number of hydrogen-bond donors (Lipinski definition) is 0. The summed E-state index contributed by atoms with van der Waals surface area (Å²) in [6.07, 6.45) is 22.2. The van der Waals surface area contributed by atoms with E-state index in [4.69, 9.17) is 0 Å². The molecule has 6 heteroatoms. The molecule has 0 amide bonds. The topological polar surface area (TPSA) is 0 Å². The SMILES string of the molecule is CCCC1(Cc2cc3c(-c4ccc([Si](C)(C)C)cc4)cccc3[cH-]2)CCCCC1.CCCC1(Cc2cc3c(-c4ccc([Si](C)(C)C)cc4)cccc3[cH-]2)CCCCC1.Cl.Cl.[CH3-].[CH3-].[Si]=[Zr]. The molecule has 0 N–H and O–H groups in total. The predicted octanol–water partition coefficient (Wildman–Crippen LogP) is 17.5. The molecular weight excluding hydrogens is 943 g/mol. The van der Waals surface area contributed by atoms with Crippen LogP contribution in [-0.2, 0) is 36.2 Å². The van der Waals surface area contributed by atoms with Gasteiger partial charge in [0.15, 0.2) is 0 Å². The van der Waals surface area contributed by atoms with Gasteiger partial charge in [0.05, 0.1) is 16.1 Å². The third kappa shape index (κ3) is 14.6. The van der Waals surface area contributed by atoms with E-state index < -0.39 is 16.1 Å². The van der Waals surface area contributed by atoms with Gasteiger partial charge in [-0.25, -0.2) is 0 Å². The fourth-order valence-corrected chi connectivity index (χ4v) is 13.5. The van der Waals surface area contributed by atoms with Crippen molar-refractivity contribution in [2.45, 2.75) is 156 Å². The third-order valence-corrected chi connectivity index (χ3v) is 18.4. The van der Waals surface area contributed by atoms with E-state index in [0.29, 0.717) is 10.8 Å². The Labute approximate surface area is 423 Å². The molecule has 0 bridgehead atoms. The summed E-state index contributed by atoms with van der Waals surface area (Å²) in [5, 5.41) is 8.77. The molecule has 6 aromatic rings. The first-order chi connectivity index (χ1) is 28.8. The zero-order valence-corrected chi connectivity index (χ0v) is 48.6. The monoisotopic (exact) mass is 1020 g/mol. The molecule has 0 aromatic heterocycles. The molecule has 2 aliphatic carbocycles. The first-order valence-corrected chi connectivity index (χ1v) is 34.8. The molecular formula is C58H82Cl2Si3Zr-4. The molecule has 2 saturated carbocycles. The van der Waals surface area contributed by atoms with Crippen LogP contribution in [0.4, 0.5) is 0 Å². The van der Waals surface area contributed by atoms with Crippen LogP contribution in [0.2, 0.25) is 39.3 Å². The summed E-state index contributed by atoms with van der Waals surface area (Å²) >= 11 is 1.36. The summed E-state index contributed by atoms with van der Waals surface area (Å²) in [5.41, 5.74) is 9.72. The average molecular weight is 1030 g/mol. The van der Waals surface area contributed by atoms with Crippen molar-refractivity contribution in [3.8, 4) is 22.3 Å². The Balaban J connectivity index is 0.000000400. The van der Waals surface area contributed by atoms with Gasteiger partial charge < -0.3 is 14.9 Å². The quantitative estimate of drug-likeness (QED) is 0.0846. The molecule has 2 fully saturated rings. The Bertz CT molecular complexity index is 2090. The van der Waals surface area contributed by atoms with Crippen LogP contribution in [0.15, 0.2) is 109 Å². The van der Waals surface area contributed by atoms with Crippen LogP contribution in [0.5, 0.6) is 0 Å². The molecule has 2 aliphatic rings. The van der Waals surface area contributed by atoms with E-state index in [1.807, 2.05) is 0 Å². The molecule has 0 saturated heterocycles. The van der Waals surface area contributed by atoms with Gasteiger partial charge in [0.2, 0.25) is 0 Å². The number of benzene rings is 4. The van der Waals surface area contributed by atoms with Gasteiger partial charge in [-0.05, 0) is 73.3 Å². The molecule has 64 heavy (non-hydrogen) atoms. The Kier molecular flexibility index (Phi) is 23.8. The second-order valence-electron chi connectivity index (χ2n) is 21.0. The van der Waals surface area contributed by atoms with Crippen molar-refractivity contribution in [1.29, 1.82) is 0 Å². The van der Waals surface area contributed by atoms with Gasteiger partial charge >= 0.3 is 30.2 Å². The van der Waals surface area contributed by atoms with E-state index in [0.717, 1.165) is 0 Å². The van der Waals surface area contributed by atoms with Crippen LogP contribution >= 0.6 is 24.8 Å². The van der Waals surface area contributed by atoms with Gasteiger partial charge in [-0.3, -0.25) is 0 Å². The van der Waals surface area contributed by atoms with Gasteiger partial charge in [-0.15, -0.1) is 93.9 Å². The van der Waals surface area contributed by atoms with E-state index >= 15 is 0 Å². The first-order valence-electron chi connectivity index (χ1n) is 23.6. The van der Waals surface area contributed by atoms with Crippen LogP contribution in [0.1, 0.15) is 115 Å². The zero-order chi connectivity index (χ0) is 43.0. The molecule has 0 unspecified atom stereocenters. The molecule has 0 spiro atoms. The normalized spacial score (nSPS) is 15.4. The summed E-state index contributed by atoms with van der Waals surface area (Å²) < 4.78 is 0. The van der Waals surface area contributed by atoms with Crippen LogP contribution in [0.3, 0.4) is 0 Å². The van der Waals surface area contributed by atoms with Gasteiger partial charge in [-0.1, -0.05) is 187 Å². The summed E-state index contributed by atoms with van der Waals surface area (Å²) in [6.45, 7) is 22.3. The van der Waals surface area contributed by atoms with Gasteiger partial charge in [0, 0.05) is 0 Å². The molecule has 8 rings (SSSR count). The molecule has 348 valence electrons. The van der Waals surface area contributed by atoms with Crippen molar-refractivity contribution < 1.29 is 23.3 Å². The number of fused-ring (bicyclic) bond motifs is 2. The summed E-state index contributed by atoms with van der Waals surface area (Å²) in [5.74, 6) is 0. The van der Waals surface area contributed by atoms with E-state index in [1.165, 1.54) is 180 Å². The number of hydrogen-bond acceptors (Lipinski definition) is 0. The minimum absolute atomic E-state index is 0. The van der Waals surface area contributed by atoms with Crippen molar-refractivity contribution in [2.24, 2.45) is 10.8 Å². The van der Waals surface area contributed by atoms with E-state index in [1.54, 1.807) is 11.1 Å². The van der Waals surface area contributed by atoms with Crippen LogP contribution in [0, 0.1) is 25.7 Å². The van der Waals surface area contributed by atoms with Gasteiger partial charge in [-0.2, -0.15) is 12.1 Å². The molecule has 6 aromatic carbocycles. The molecule has 0 nitrogen and oxygen atoms in total. The fraction of sp³-hybridized carbons (Fsp3) is 0.448. The Morgan fingerprint density at radius 3 is 1.12 bits per heavy atom. The molecule has 2 radical (unpaired) electrons. The van der Waals surface area contributed by atoms with Gasteiger partial charge in [0.25, 0.3) is 0 Å². The van der Waals surface area contributed by atoms with Crippen LogP contribution in [-0.4, -0.2) is 23.0 Å². The molecule has 0 heterocycles. The predicted molar refractivity (Wildman–Crippen MR) is 297 cm³/mol. The second-order valence-corrected chi connectivity index (χ2v) is 31.1. The summed E-state index contributed by atoms with van der Waals surface area (Å²) in [6, 6.07) is 42.4. The maximum absolute atomic E-state index is 3.06. The second kappa shape index (κ2) is 26.1. The van der Waals surface area contributed by atoms with Crippen molar-refractivity contribution in [2.75, 3.05) is 0 Å². The third-order valence-electron chi connectivity index (χ3n) is 14.3. The summed E-state index contributed by atoms with van der Waals surface area (Å²) in [4.78, 5) is 0. The summed E-state index contributed by atoms with van der Waals surface area (Å²) in [7, 11) is -2.50. The first kappa shape index (κ1) is 58.3. The zero-order valence-electron chi connectivity index (χ0n) is 41.5. The van der Waals surface area contributed by atoms with Crippen LogP contribution in [0.25, 0.3) is 43.8 Å². The van der Waals surface area contributed by atoms with E-state index in [9.17, 15) is 0 Å². The van der Waals surface area contributed by atoms with Crippen molar-refractivity contribution in [1.82, 2.24) is 0 Å². The number of halogens is 2. The Hall–Kier alpha value is -1.79. The van der Waals surface area contributed by atoms with Gasteiger partial charge in [0.1, 0.15) is 0 Å². The fourth-order valence-electron chi connectivity index (χ4n) is 11.2. The van der Waals surface area contributed by atoms with Crippen molar-refractivity contribution >= 4 is 79.8 Å². The van der Waals surface area contributed by atoms with Crippen molar-refractivity contribution in [3.05, 3.63) is 135 Å². The van der Waals surface area contributed by atoms with E-state index in [2.05, 4.69) is 169 Å². The van der Waals surface area contributed by atoms with Crippen LogP contribution < -0.4 is 10.4 Å². The Morgan fingerprint density at radius 2 is 0.828 bits per heavy atom. The van der Waals surface area contributed by atoms with E-state index in [-0.39, 0.29) is 39.7 Å². The molecule has 0 aliphatic heterocycles.